The summed E-state index contributed by atoms with van der Waals surface area (Å²) in [6, 6.07) is 4.16. The van der Waals surface area contributed by atoms with E-state index in [1.807, 2.05) is 0 Å². The molecule has 0 unspecified atom stereocenters. The summed E-state index contributed by atoms with van der Waals surface area (Å²) in [5.41, 5.74) is 0.297. The zero-order chi connectivity index (χ0) is 18.3. The van der Waals surface area contributed by atoms with Crippen LogP contribution in [0, 0.1) is 11.7 Å². The lowest BCUT2D eigenvalue weighted by molar-refractivity contribution is -0.146. The average Bonchev–Trinajstić information content (AvgIpc) is 2.52. The van der Waals surface area contributed by atoms with Crippen LogP contribution in [0.3, 0.4) is 0 Å². The molecule has 6 nitrogen and oxygen atoms in total. The molecule has 132 valence electrons. The fourth-order valence-corrected chi connectivity index (χ4v) is 2.22. The summed E-state index contributed by atoms with van der Waals surface area (Å²) in [4.78, 5) is 35.6. The number of hydrogen-bond acceptors (Lipinski definition) is 4. The first-order valence-electron chi connectivity index (χ1n) is 7.65. The third-order valence-electron chi connectivity index (χ3n) is 3.50. The Bertz CT molecular complexity index is 604. The minimum atomic E-state index is -0.995. The maximum absolute atomic E-state index is 13.8. The number of esters is 1. The second-order valence-electron chi connectivity index (χ2n) is 5.80. The molecule has 2 amide bonds. The first kappa shape index (κ1) is 19.6. The number of ether oxygens (including phenoxy) is 1. The molecule has 7 heteroatoms. The monoisotopic (exact) mass is 338 g/mol. The van der Waals surface area contributed by atoms with Gasteiger partial charge in [0.25, 0.3) is 0 Å². The van der Waals surface area contributed by atoms with Crippen molar-refractivity contribution in [3.05, 3.63) is 35.6 Å². The van der Waals surface area contributed by atoms with Crippen LogP contribution in [0.15, 0.2) is 24.3 Å². The van der Waals surface area contributed by atoms with Crippen molar-refractivity contribution in [3.63, 3.8) is 0 Å². The molecule has 0 saturated heterocycles. The molecule has 0 radical (unpaired) electrons. The van der Waals surface area contributed by atoms with Gasteiger partial charge in [0.15, 0.2) is 0 Å². The van der Waals surface area contributed by atoms with Gasteiger partial charge in [0.1, 0.15) is 17.9 Å². The predicted octanol–water partition coefficient (Wildman–Crippen LogP) is 1.19. The summed E-state index contributed by atoms with van der Waals surface area (Å²) >= 11 is 0. The summed E-state index contributed by atoms with van der Waals surface area (Å²) in [5.74, 6) is -2.24. The SMILES string of the molecule is COC(=O)[C@@H](NC(=O)[C@H](Cc1ccccc1F)NC(C)=O)C(C)C. The molecule has 1 aromatic rings. The average molecular weight is 338 g/mol. The molecule has 0 bridgehead atoms. The van der Waals surface area contributed by atoms with Crippen LogP contribution >= 0.6 is 0 Å². The maximum Gasteiger partial charge on any atom is 0.328 e. The van der Waals surface area contributed by atoms with E-state index in [4.69, 9.17) is 0 Å². The summed E-state index contributed by atoms with van der Waals surface area (Å²) in [7, 11) is 1.23. The first-order valence-corrected chi connectivity index (χ1v) is 7.65. The Morgan fingerprint density at radius 2 is 1.79 bits per heavy atom. The smallest absolute Gasteiger partial charge is 0.328 e. The number of methoxy groups -OCH3 is 1. The zero-order valence-corrected chi connectivity index (χ0v) is 14.3. The Morgan fingerprint density at radius 1 is 1.17 bits per heavy atom. The van der Waals surface area contributed by atoms with Gasteiger partial charge < -0.3 is 15.4 Å². The van der Waals surface area contributed by atoms with E-state index in [0.717, 1.165) is 0 Å². The normalized spacial score (nSPS) is 13.1. The Morgan fingerprint density at radius 3 is 2.29 bits per heavy atom. The second-order valence-corrected chi connectivity index (χ2v) is 5.80. The minimum Gasteiger partial charge on any atom is -0.467 e. The molecule has 2 atom stereocenters. The topological polar surface area (TPSA) is 84.5 Å². The molecular weight excluding hydrogens is 315 g/mol. The Kier molecular flexibility index (Phi) is 7.35. The minimum absolute atomic E-state index is 0.0237. The Labute approximate surface area is 140 Å². The Hall–Kier alpha value is -2.44. The molecule has 0 aliphatic carbocycles. The van der Waals surface area contributed by atoms with E-state index in [9.17, 15) is 18.8 Å². The highest BCUT2D eigenvalue weighted by Crippen LogP contribution is 2.11. The molecule has 0 aliphatic rings. The molecule has 2 N–H and O–H groups in total. The van der Waals surface area contributed by atoms with Crippen molar-refractivity contribution in [2.75, 3.05) is 7.11 Å². The van der Waals surface area contributed by atoms with Crippen LogP contribution in [0.2, 0.25) is 0 Å². The molecule has 0 saturated carbocycles. The van der Waals surface area contributed by atoms with Gasteiger partial charge in [-0.2, -0.15) is 0 Å². The van der Waals surface area contributed by atoms with Crippen LogP contribution in [-0.2, 0) is 25.5 Å². The molecule has 0 aliphatic heterocycles. The van der Waals surface area contributed by atoms with Crippen LogP contribution in [0.5, 0.6) is 0 Å². The largest absolute Gasteiger partial charge is 0.467 e. The van der Waals surface area contributed by atoms with Gasteiger partial charge in [-0.3, -0.25) is 9.59 Å². The van der Waals surface area contributed by atoms with Crippen molar-refractivity contribution >= 4 is 17.8 Å². The molecule has 0 spiro atoms. The van der Waals surface area contributed by atoms with Gasteiger partial charge >= 0.3 is 5.97 Å². The van der Waals surface area contributed by atoms with Crippen LogP contribution < -0.4 is 10.6 Å². The molecule has 1 aromatic carbocycles. The molecule has 0 fully saturated rings. The van der Waals surface area contributed by atoms with E-state index < -0.39 is 35.7 Å². The van der Waals surface area contributed by atoms with Gasteiger partial charge in [0.2, 0.25) is 11.8 Å². The van der Waals surface area contributed by atoms with Crippen LogP contribution in [-0.4, -0.2) is 37.0 Å². The van der Waals surface area contributed by atoms with Crippen LogP contribution in [0.25, 0.3) is 0 Å². The van der Waals surface area contributed by atoms with E-state index in [2.05, 4.69) is 15.4 Å². The molecule has 0 aromatic heterocycles. The van der Waals surface area contributed by atoms with Gasteiger partial charge in [-0.1, -0.05) is 32.0 Å². The van der Waals surface area contributed by atoms with Crippen LogP contribution in [0.1, 0.15) is 26.3 Å². The Balaban J connectivity index is 2.94. The second kappa shape index (κ2) is 9.00. The fourth-order valence-electron chi connectivity index (χ4n) is 2.22. The lowest BCUT2D eigenvalue weighted by atomic mass is 10.0. The lowest BCUT2D eigenvalue weighted by Crippen LogP contribution is -2.53. The highest BCUT2D eigenvalue weighted by Gasteiger charge is 2.29. The van der Waals surface area contributed by atoms with E-state index in [-0.39, 0.29) is 12.3 Å². The molecular formula is C17H23FN2O4. The number of benzene rings is 1. The highest BCUT2D eigenvalue weighted by atomic mass is 19.1. The third-order valence-corrected chi connectivity index (χ3v) is 3.50. The highest BCUT2D eigenvalue weighted by molar-refractivity contribution is 5.90. The summed E-state index contributed by atoms with van der Waals surface area (Å²) in [6.07, 6.45) is -0.0237. The number of halogens is 1. The number of amides is 2. The van der Waals surface area contributed by atoms with Crippen molar-refractivity contribution in [1.29, 1.82) is 0 Å². The quantitative estimate of drug-likeness (QED) is 0.732. The van der Waals surface area contributed by atoms with Gasteiger partial charge in [-0.15, -0.1) is 0 Å². The van der Waals surface area contributed by atoms with Gasteiger partial charge in [-0.05, 0) is 17.5 Å². The van der Waals surface area contributed by atoms with Crippen molar-refractivity contribution in [2.45, 2.75) is 39.3 Å². The fraction of sp³-hybridized carbons (Fsp3) is 0.471. The number of carbonyl (C=O) groups is 3. The molecule has 1 rings (SSSR count). The first-order chi connectivity index (χ1) is 11.3. The number of rotatable bonds is 7. The molecule has 0 heterocycles. The van der Waals surface area contributed by atoms with Crippen molar-refractivity contribution in [3.8, 4) is 0 Å². The number of nitrogens with one attached hydrogen (secondary N) is 2. The summed E-state index contributed by atoms with van der Waals surface area (Å²) in [5, 5.41) is 5.05. The lowest BCUT2D eigenvalue weighted by Gasteiger charge is -2.24. The predicted molar refractivity (Wildman–Crippen MR) is 86.5 cm³/mol. The number of carbonyl (C=O) groups excluding carboxylic acids is 3. The van der Waals surface area contributed by atoms with Gasteiger partial charge in [-0.25, -0.2) is 9.18 Å². The van der Waals surface area contributed by atoms with E-state index in [1.54, 1.807) is 26.0 Å². The maximum atomic E-state index is 13.8. The van der Waals surface area contributed by atoms with Crippen LogP contribution in [0.4, 0.5) is 4.39 Å². The zero-order valence-electron chi connectivity index (χ0n) is 14.3. The number of hydrogen-bond donors (Lipinski definition) is 2. The van der Waals surface area contributed by atoms with Crippen molar-refractivity contribution < 1.29 is 23.5 Å². The summed E-state index contributed by atoms with van der Waals surface area (Å²) < 4.78 is 18.5. The third kappa shape index (κ3) is 5.64. The van der Waals surface area contributed by atoms with Gasteiger partial charge in [0.05, 0.1) is 7.11 Å². The summed E-state index contributed by atoms with van der Waals surface area (Å²) in [6.45, 7) is 4.78. The van der Waals surface area contributed by atoms with E-state index >= 15 is 0 Å². The van der Waals surface area contributed by atoms with Crippen molar-refractivity contribution in [1.82, 2.24) is 10.6 Å². The standard InChI is InChI=1S/C17H23FN2O4/c1-10(2)15(17(23)24-4)20-16(22)14(19-11(3)21)9-12-7-5-6-8-13(12)18/h5-8,10,14-15H,9H2,1-4H3,(H,19,21)(H,20,22)/t14-,15-/m0/s1. The van der Waals surface area contributed by atoms with Gasteiger partial charge in [0, 0.05) is 13.3 Å². The van der Waals surface area contributed by atoms with E-state index in [1.165, 1.54) is 26.2 Å². The van der Waals surface area contributed by atoms with E-state index in [0.29, 0.717) is 5.56 Å². The van der Waals surface area contributed by atoms with Crippen molar-refractivity contribution in [2.24, 2.45) is 5.92 Å². The molecule has 24 heavy (non-hydrogen) atoms.